The first kappa shape index (κ1) is 20.6. The molecule has 3 unspecified atom stereocenters. The third-order valence-corrected chi connectivity index (χ3v) is 3.12. The number of nitrogens with zero attached hydrogens (tertiary/aromatic N) is 4. The molecule has 8 nitrogen and oxygen atoms in total. The van der Waals surface area contributed by atoms with Gasteiger partial charge in [0.25, 0.3) is 0 Å². The second-order valence-electron chi connectivity index (χ2n) is 5.17. The zero-order valence-corrected chi connectivity index (χ0v) is 13.5. The number of nitriles is 2. The highest BCUT2D eigenvalue weighted by Crippen LogP contribution is 2.20. The summed E-state index contributed by atoms with van der Waals surface area (Å²) in [6, 6.07) is 7.29. The molecule has 0 radical (unpaired) electrons. The Hall–Kier alpha value is -3.36. The summed E-state index contributed by atoms with van der Waals surface area (Å²) in [7, 11) is 0. The fourth-order valence-electron chi connectivity index (χ4n) is 1.58. The van der Waals surface area contributed by atoms with E-state index in [0.29, 0.717) is 0 Å². The third kappa shape index (κ3) is 7.59. The number of nitrogens with one attached hydrogen (secondary N) is 2. The molecule has 0 fully saturated rings. The molecule has 0 bridgehead atoms. The second-order valence-corrected chi connectivity index (χ2v) is 5.17. The summed E-state index contributed by atoms with van der Waals surface area (Å²) in [6.07, 6.45) is 9.88. The molecule has 3 atom stereocenters. The van der Waals surface area contributed by atoms with Crippen LogP contribution < -0.4 is 10.6 Å². The van der Waals surface area contributed by atoms with Crippen molar-refractivity contribution in [1.29, 1.82) is 10.5 Å². The standard InChI is InChI=1S/C16H18N6O2/c1-5-19-14(23)7-8-16(4,11-18)22-21-12(3)13(10-17)9-15(24)20-6-2/h1-2,12-13H,7-9H2,3-4H3,(H,19,23)(H,20,24). The number of rotatable bonds is 8. The highest BCUT2D eigenvalue weighted by molar-refractivity contribution is 5.78. The van der Waals surface area contributed by atoms with Gasteiger partial charge in [-0.15, -0.1) is 0 Å². The number of amides is 2. The van der Waals surface area contributed by atoms with Crippen LogP contribution in [0, 0.1) is 53.5 Å². The number of hydrogen-bond acceptors (Lipinski definition) is 6. The van der Waals surface area contributed by atoms with Gasteiger partial charge in [0.05, 0.1) is 24.1 Å². The summed E-state index contributed by atoms with van der Waals surface area (Å²) in [6.45, 7) is 3.11. The highest BCUT2D eigenvalue weighted by Gasteiger charge is 2.26. The molecule has 8 heteroatoms. The minimum Gasteiger partial charge on any atom is -0.285 e. The monoisotopic (exact) mass is 326 g/mol. The SMILES string of the molecule is C#CNC(=O)CCC(C)(C#N)N=NC(C)C(C#N)CC(=O)NC#C. The molecule has 2 amide bonds. The van der Waals surface area contributed by atoms with Crippen molar-refractivity contribution in [2.24, 2.45) is 16.1 Å². The van der Waals surface area contributed by atoms with Crippen molar-refractivity contribution < 1.29 is 9.59 Å². The summed E-state index contributed by atoms with van der Waals surface area (Å²) in [5.41, 5.74) is -1.23. The van der Waals surface area contributed by atoms with Crippen molar-refractivity contribution in [3.63, 3.8) is 0 Å². The molecule has 0 saturated heterocycles. The number of azo groups is 1. The van der Waals surface area contributed by atoms with Gasteiger partial charge in [0.1, 0.15) is 0 Å². The maximum Gasteiger partial charge on any atom is 0.232 e. The molecular weight excluding hydrogens is 308 g/mol. The number of carbonyl (C=O) groups excluding carboxylic acids is 2. The van der Waals surface area contributed by atoms with E-state index in [1.807, 2.05) is 24.2 Å². The Balaban J connectivity index is 4.85. The lowest BCUT2D eigenvalue weighted by Crippen LogP contribution is -2.27. The first-order valence-electron chi connectivity index (χ1n) is 7.03. The minimum atomic E-state index is -1.23. The van der Waals surface area contributed by atoms with Crippen molar-refractivity contribution in [3.05, 3.63) is 0 Å². The van der Waals surface area contributed by atoms with Gasteiger partial charge in [0.15, 0.2) is 5.54 Å². The number of hydrogen-bond donors (Lipinski definition) is 2. The Morgan fingerprint density at radius 1 is 1.21 bits per heavy atom. The molecule has 0 aliphatic rings. The maximum atomic E-state index is 11.4. The van der Waals surface area contributed by atoms with Crippen molar-refractivity contribution in [2.75, 3.05) is 0 Å². The van der Waals surface area contributed by atoms with Crippen LogP contribution in [0.2, 0.25) is 0 Å². The molecule has 0 aromatic heterocycles. The largest absolute Gasteiger partial charge is 0.285 e. The topological polar surface area (TPSA) is 130 Å². The van der Waals surface area contributed by atoms with E-state index in [2.05, 4.69) is 20.9 Å². The Labute approximate surface area is 141 Å². The van der Waals surface area contributed by atoms with E-state index in [0.717, 1.165) is 0 Å². The van der Waals surface area contributed by atoms with Gasteiger partial charge >= 0.3 is 0 Å². The Kier molecular flexibility index (Phi) is 8.93. The summed E-state index contributed by atoms with van der Waals surface area (Å²) in [4.78, 5) is 22.8. The van der Waals surface area contributed by atoms with Crippen LogP contribution >= 0.6 is 0 Å². The van der Waals surface area contributed by atoms with E-state index in [1.165, 1.54) is 6.92 Å². The van der Waals surface area contributed by atoms with Gasteiger partial charge in [-0.2, -0.15) is 20.8 Å². The lowest BCUT2D eigenvalue weighted by Gasteiger charge is -2.17. The molecule has 0 aromatic carbocycles. The summed E-state index contributed by atoms with van der Waals surface area (Å²) in [5, 5.41) is 30.5. The van der Waals surface area contributed by atoms with Gasteiger partial charge in [0, 0.05) is 24.9 Å². The van der Waals surface area contributed by atoms with Crippen molar-refractivity contribution in [2.45, 2.75) is 44.7 Å². The lowest BCUT2D eigenvalue weighted by atomic mass is 9.98. The van der Waals surface area contributed by atoms with E-state index >= 15 is 0 Å². The summed E-state index contributed by atoms with van der Waals surface area (Å²) < 4.78 is 0. The van der Waals surface area contributed by atoms with E-state index in [9.17, 15) is 14.9 Å². The summed E-state index contributed by atoms with van der Waals surface area (Å²) in [5.74, 6) is -1.61. The molecule has 24 heavy (non-hydrogen) atoms. The fraction of sp³-hybridized carbons (Fsp3) is 0.500. The highest BCUT2D eigenvalue weighted by atomic mass is 16.2. The van der Waals surface area contributed by atoms with E-state index in [-0.39, 0.29) is 19.3 Å². The lowest BCUT2D eigenvalue weighted by molar-refractivity contribution is -0.121. The summed E-state index contributed by atoms with van der Waals surface area (Å²) >= 11 is 0. The molecule has 124 valence electrons. The van der Waals surface area contributed by atoms with Crippen LogP contribution in [0.5, 0.6) is 0 Å². The minimum absolute atomic E-state index is 0.00785. The van der Waals surface area contributed by atoms with Crippen LogP contribution in [0.3, 0.4) is 0 Å². The smallest absolute Gasteiger partial charge is 0.232 e. The quantitative estimate of drug-likeness (QED) is 0.388. The van der Waals surface area contributed by atoms with Crippen molar-refractivity contribution in [1.82, 2.24) is 10.6 Å². The molecule has 0 saturated carbocycles. The third-order valence-electron chi connectivity index (χ3n) is 3.12. The van der Waals surface area contributed by atoms with Gasteiger partial charge in [-0.1, -0.05) is 12.8 Å². The van der Waals surface area contributed by atoms with Crippen LogP contribution in [0.4, 0.5) is 0 Å². The van der Waals surface area contributed by atoms with Crippen LogP contribution in [-0.4, -0.2) is 23.4 Å². The molecule has 0 rings (SSSR count). The molecular formula is C16H18N6O2. The second kappa shape index (κ2) is 10.4. The average molecular weight is 326 g/mol. The van der Waals surface area contributed by atoms with Crippen LogP contribution in [0.15, 0.2) is 10.2 Å². The van der Waals surface area contributed by atoms with E-state index in [4.69, 9.17) is 18.1 Å². The molecule has 0 aliphatic carbocycles. The Bertz CT molecular complexity index is 658. The zero-order chi connectivity index (χ0) is 18.6. The van der Waals surface area contributed by atoms with Gasteiger partial charge in [0.2, 0.25) is 11.8 Å². The fourth-order valence-corrected chi connectivity index (χ4v) is 1.58. The van der Waals surface area contributed by atoms with Crippen molar-refractivity contribution in [3.8, 4) is 37.1 Å². The average Bonchev–Trinajstić information content (AvgIpc) is 2.56. The maximum absolute atomic E-state index is 11.4. The van der Waals surface area contributed by atoms with Crippen molar-refractivity contribution >= 4 is 11.8 Å². The molecule has 0 spiro atoms. The van der Waals surface area contributed by atoms with Gasteiger partial charge < -0.3 is 0 Å². The predicted molar refractivity (Wildman–Crippen MR) is 85.2 cm³/mol. The van der Waals surface area contributed by atoms with Crippen LogP contribution in [-0.2, 0) is 9.59 Å². The normalized spacial score (nSPS) is 14.8. The van der Waals surface area contributed by atoms with Crippen LogP contribution in [0.1, 0.15) is 33.1 Å². The molecule has 0 aromatic rings. The molecule has 0 aliphatic heterocycles. The first-order valence-corrected chi connectivity index (χ1v) is 7.03. The predicted octanol–water partition coefficient (Wildman–Crippen LogP) is 0.833. The van der Waals surface area contributed by atoms with Crippen LogP contribution in [0.25, 0.3) is 0 Å². The molecule has 2 N–H and O–H groups in total. The van der Waals surface area contributed by atoms with Gasteiger partial charge in [-0.25, -0.2) is 0 Å². The Morgan fingerprint density at radius 2 is 1.79 bits per heavy atom. The zero-order valence-electron chi connectivity index (χ0n) is 13.5. The molecule has 0 heterocycles. The Morgan fingerprint density at radius 3 is 2.29 bits per heavy atom. The van der Waals surface area contributed by atoms with Gasteiger partial charge in [-0.3, -0.25) is 20.2 Å². The number of carbonyl (C=O) groups is 2. The van der Waals surface area contributed by atoms with E-state index < -0.39 is 29.3 Å². The van der Waals surface area contributed by atoms with E-state index in [1.54, 1.807) is 6.92 Å². The first-order chi connectivity index (χ1) is 11.3. The van der Waals surface area contributed by atoms with Gasteiger partial charge in [-0.05, 0) is 20.3 Å². The number of terminal acetylenes is 2.